The third-order valence-electron chi connectivity index (χ3n) is 4.57. The lowest BCUT2D eigenvalue weighted by Gasteiger charge is -2.39. The van der Waals surface area contributed by atoms with Crippen molar-refractivity contribution in [1.82, 2.24) is 0 Å². The van der Waals surface area contributed by atoms with Crippen LogP contribution in [0.4, 0.5) is 11.4 Å². The number of nitro benzene ring substituents is 1. The zero-order valence-corrected chi connectivity index (χ0v) is 13.9. The van der Waals surface area contributed by atoms with Crippen LogP contribution in [0.2, 0.25) is 0 Å². The summed E-state index contributed by atoms with van der Waals surface area (Å²) in [4.78, 5) is 24.9. The minimum absolute atomic E-state index is 0.0270. The smallest absolute Gasteiger partial charge is 0.345 e. The van der Waals surface area contributed by atoms with Gasteiger partial charge in [0.15, 0.2) is 0 Å². The number of ether oxygens (including phenoxy) is 1. The molecule has 1 fully saturated rings. The normalized spacial score (nSPS) is 21.1. The Morgan fingerprint density at radius 3 is 2.74 bits per heavy atom. The Morgan fingerprint density at radius 1 is 1.43 bits per heavy atom. The second kappa shape index (κ2) is 7.44. The summed E-state index contributed by atoms with van der Waals surface area (Å²) in [6.45, 7) is 7.15. The minimum Gasteiger partial charge on any atom is -0.462 e. The molecule has 23 heavy (non-hydrogen) atoms. The SMILES string of the molecule is CCOC(=O)c1cc(N2CCC(CC)C[C@H]2C)ccc1[N+](=O)[O-]. The van der Waals surface area contributed by atoms with Gasteiger partial charge in [0, 0.05) is 24.3 Å². The van der Waals surface area contributed by atoms with Crippen LogP contribution in [0.5, 0.6) is 0 Å². The van der Waals surface area contributed by atoms with Gasteiger partial charge in [-0.05, 0) is 44.7 Å². The molecule has 2 rings (SSSR count). The largest absolute Gasteiger partial charge is 0.462 e. The summed E-state index contributed by atoms with van der Waals surface area (Å²) in [7, 11) is 0. The minimum atomic E-state index is -0.642. The molecule has 1 aromatic rings. The highest BCUT2D eigenvalue weighted by atomic mass is 16.6. The molecule has 1 heterocycles. The lowest BCUT2D eigenvalue weighted by atomic mass is 9.89. The van der Waals surface area contributed by atoms with Crippen molar-refractivity contribution >= 4 is 17.3 Å². The number of hydrogen-bond donors (Lipinski definition) is 0. The van der Waals surface area contributed by atoms with Gasteiger partial charge in [-0.3, -0.25) is 10.1 Å². The van der Waals surface area contributed by atoms with Gasteiger partial charge >= 0.3 is 5.97 Å². The van der Waals surface area contributed by atoms with E-state index in [4.69, 9.17) is 4.74 Å². The summed E-state index contributed by atoms with van der Waals surface area (Å²) in [5, 5.41) is 11.1. The Kier molecular flexibility index (Phi) is 5.58. The highest BCUT2D eigenvalue weighted by Crippen LogP contribution is 2.32. The average molecular weight is 320 g/mol. The van der Waals surface area contributed by atoms with E-state index >= 15 is 0 Å². The molecule has 1 aromatic carbocycles. The van der Waals surface area contributed by atoms with Crippen molar-refractivity contribution in [2.45, 2.75) is 46.1 Å². The topological polar surface area (TPSA) is 72.7 Å². The number of hydrogen-bond acceptors (Lipinski definition) is 5. The lowest BCUT2D eigenvalue weighted by molar-refractivity contribution is -0.385. The third-order valence-corrected chi connectivity index (χ3v) is 4.57. The number of carbonyl (C=O) groups excluding carboxylic acids is 1. The highest BCUT2D eigenvalue weighted by molar-refractivity contribution is 5.95. The van der Waals surface area contributed by atoms with Crippen LogP contribution in [0.25, 0.3) is 0 Å². The fraction of sp³-hybridized carbons (Fsp3) is 0.588. The molecule has 126 valence electrons. The zero-order chi connectivity index (χ0) is 17.0. The number of esters is 1. The predicted octanol–water partition coefficient (Wildman–Crippen LogP) is 3.79. The number of nitro groups is 1. The summed E-state index contributed by atoms with van der Waals surface area (Å²) in [6.07, 6.45) is 3.38. The molecule has 0 radical (unpaired) electrons. The van der Waals surface area contributed by atoms with E-state index < -0.39 is 10.9 Å². The van der Waals surface area contributed by atoms with Gasteiger partial charge in [0.2, 0.25) is 0 Å². The van der Waals surface area contributed by atoms with Crippen LogP contribution in [-0.2, 0) is 4.74 Å². The number of benzene rings is 1. The van der Waals surface area contributed by atoms with Gasteiger partial charge in [0.1, 0.15) is 5.56 Å². The first-order chi connectivity index (χ1) is 11.0. The van der Waals surface area contributed by atoms with Gasteiger partial charge in [-0.25, -0.2) is 4.79 Å². The number of rotatable bonds is 5. The number of piperidine rings is 1. The molecule has 6 heteroatoms. The molecule has 0 spiro atoms. The van der Waals surface area contributed by atoms with E-state index in [9.17, 15) is 14.9 Å². The Balaban J connectivity index is 2.31. The van der Waals surface area contributed by atoms with E-state index in [1.807, 2.05) is 0 Å². The molecular weight excluding hydrogens is 296 g/mol. The van der Waals surface area contributed by atoms with Gasteiger partial charge in [0.25, 0.3) is 5.69 Å². The molecule has 1 aliphatic heterocycles. The van der Waals surface area contributed by atoms with E-state index in [1.165, 1.54) is 12.5 Å². The molecule has 0 amide bonds. The number of nitrogens with zero attached hydrogens (tertiary/aromatic N) is 2. The monoisotopic (exact) mass is 320 g/mol. The molecule has 2 atom stereocenters. The summed E-state index contributed by atoms with van der Waals surface area (Å²) in [6, 6.07) is 5.08. The molecule has 0 saturated carbocycles. The zero-order valence-electron chi connectivity index (χ0n) is 13.9. The fourth-order valence-corrected chi connectivity index (χ4v) is 3.26. The van der Waals surface area contributed by atoms with Crippen molar-refractivity contribution in [2.24, 2.45) is 5.92 Å². The standard InChI is InChI=1S/C17H24N2O4/c1-4-13-8-9-18(12(3)10-13)14-6-7-16(19(21)22)15(11-14)17(20)23-5-2/h6-7,11-13H,4-5,8-10H2,1-3H3/t12-,13?/m1/s1. The average Bonchev–Trinajstić information content (AvgIpc) is 2.54. The molecule has 0 aliphatic carbocycles. The van der Waals surface area contributed by atoms with Crippen LogP contribution in [0.15, 0.2) is 18.2 Å². The van der Waals surface area contributed by atoms with E-state index in [2.05, 4.69) is 18.7 Å². The molecule has 0 aromatic heterocycles. The van der Waals surface area contributed by atoms with Crippen LogP contribution in [0, 0.1) is 16.0 Å². The fourth-order valence-electron chi connectivity index (χ4n) is 3.26. The highest BCUT2D eigenvalue weighted by Gasteiger charge is 2.28. The first-order valence-electron chi connectivity index (χ1n) is 8.20. The Labute approximate surface area is 136 Å². The maximum Gasteiger partial charge on any atom is 0.345 e. The van der Waals surface area contributed by atoms with Crippen molar-refractivity contribution < 1.29 is 14.5 Å². The maximum absolute atomic E-state index is 12.0. The van der Waals surface area contributed by atoms with Crippen molar-refractivity contribution in [3.63, 3.8) is 0 Å². The molecule has 0 N–H and O–H groups in total. The van der Waals surface area contributed by atoms with Crippen LogP contribution in [0.3, 0.4) is 0 Å². The lowest BCUT2D eigenvalue weighted by Crippen LogP contribution is -2.40. The van der Waals surface area contributed by atoms with E-state index in [1.54, 1.807) is 19.1 Å². The van der Waals surface area contributed by atoms with Crippen molar-refractivity contribution in [3.05, 3.63) is 33.9 Å². The molecule has 1 unspecified atom stereocenters. The molecular formula is C17H24N2O4. The van der Waals surface area contributed by atoms with Crippen LogP contribution >= 0.6 is 0 Å². The summed E-state index contributed by atoms with van der Waals surface area (Å²) in [5.41, 5.74) is 0.670. The van der Waals surface area contributed by atoms with Gasteiger partial charge in [0.05, 0.1) is 11.5 Å². The second-order valence-electron chi connectivity index (χ2n) is 6.02. The molecule has 6 nitrogen and oxygen atoms in total. The second-order valence-corrected chi connectivity index (χ2v) is 6.02. The summed E-state index contributed by atoms with van der Waals surface area (Å²) >= 11 is 0. The Morgan fingerprint density at radius 2 is 2.17 bits per heavy atom. The van der Waals surface area contributed by atoms with Gasteiger partial charge < -0.3 is 9.64 Å². The van der Waals surface area contributed by atoms with E-state index in [0.29, 0.717) is 6.04 Å². The Hall–Kier alpha value is -2.11. The quantitative estimate of drug-likeness (QED) is 0.469. The van der Waals surface area contributed by atoms with Crippen molar-refractivity contribution in [1.29, 1.82) is 0 Å². The van der Waals surface area contributed by atoms with Gasteiger partial charge in [-0.1, -0.05) is 13.3 Å². The van der Waals surface area contributed by atoms with Crippen LogP contribution < -0.4 is 4.90 Å². The van der Waals surface area contributed by atoms with E-state index in [-0.39, 0.29) is 17.9 Å². The molecule has 0 bridgehead atoms. The predicted molar refractivity (Wildman–Crippen MR) is 88.9 cm³/mol. The van der Waals surface area contributed by atoms with E-state index in [0.717, 1.165) is 31.0 Å². The number of carbonyl (C=O) groups is 1. The Bertz CT molecular complexity index is 588. The number of anilines is 1. The van der Waals surface area contributed by atoms with Crippen molar-refractivity contribution in [3.8, 4) is 0 Å². The summed E-state index contributed by atoms with van der Waals surface area (Å²) < 4.78 is 4.96. The molecule has 1 saturated heterocycles. The van der Waals surface area contributed by atoms with Crippen LogP contribution in [-0.4, -0.2) is 30.1 Å². The molecule has 1 aliphatic rings. The van der Waals surface area contributed by atoms with Crippen molar-refractivity contribution in [2.75, 3.05) is 18.1 Å². The first kappa shape index (κ1) is 17.2. The van der Waals surface area contributed by atoms with Crippen LogP contribution in [0.1, 0.15) is 50.4 Å². The third kappa shape index (κ3) is 3.81. The summed E-state index contributed by atoms with van der Waals surface area (Å²) in [5.74, 6) is 0.0842. The van der Waals surface area contributed by atoms with Gasteiger partial charge in [-0.15, -0.1) is 0 Å². The van der Waals surface area contributed by atoms with Gasteiger partial charge in [-0.2, -0.15) is 0 Å². The first-order valence-corrected chi connectivity index (χ1v) is 8.20. The maximum atomic E-state index is 12.0.